The Morgan fingerprint density at radius 1 is 1.12 bits per heavy atom. The fourth-order valence-electron chi connectivity index (χ4n) is 0.628. The lowest BCUT2D eigenvalue weighted by Gasteiger charge is -1.77. The molecule has 84 valence electrons. The normalized spacial score (nSPS) is 9.06. The molecule has 0 aliphatic carbocycles. The molecule has 0 aromatic carbocycles. The molecule has 0 unspecified atom stereocenters. The molecule has 2 rings (SSSR count). The molecule has 2 aromatic heterocycles. The topological polar surface area (TPSA) is 80.2 Å². The average Bonchev–Trinajstić information content (AvgIpc) is 2.93. The number of hydrogen-bond acceptors (Lipinski definition) is 6. The van der Waals surface area contributed by atoms with Gasteiger partial charge in [0.2, 0.25) is 0 Å². The van der Waals surface area contributed by atoms with Crippen molar-refractivity contribution in [1.29, 1.82) is 0 Å². The maximum Gasteiger partial charge on any atom is 0.355 e. The molecule has 0 saturated carbocycles. The first-order valence-electron chi connectivity index (χ1n) is 3.80. The number of nitrogens with zero attached hydrogens (tertiary/aromatic N) is 2. The monoisotopic (exact) mass is 276 g/mol. The van der Waals surface area contributed by atoms with E-state index in [0.717, 1.165) is 0 Å². The fourth-order valence-corrected chi connectivity index (χ4v) is 1.85. The summed E-state index contributed by atoms with van der Waals surface area (Å²) in [5, 5.41) is 10.8. The van der Waals surface area contributed by atoms with Crippen LogP contribution in [0, 0.1) is 0 Å². The number of aromatic carboxylic acids is 1. The van der Waals surface area contributed by atoms with Crippen molar-refractivity contribution < 1.29 is 14.7 Å². The highest BCUT2D eigenvalue weighted by Crippen LogP contribution is 2.03. The van der Waals surface area contributed by atoms with E-state index in [-0.39, 0.29) is 5.69 Å². The molecular formula is C8H5ClN2O3S2. The molecule has 0 radical (unpaired) electrons. The molecule has 0 aliphatic heterocycles. The second-order valence-electron chi connectivity index (χ2n) is 2.33. The first-order chi connectivity index (χ1) is 7.61. The zero-order valence-corrected chi connectivity index (χ0v) is 10.1. The Kier molecular flexibility index (Phi) is 5.03. The second kappa shape index (κ2) is 6.31. The van der Waals surface area contributed by atoms with Gasteiger partial charge in [-0.15, -0.1) is 22.7 Å². The van der Waals surface area contributed by atoms with Crippen molar-refractivity contribution in [3.05, 3.63) is 33.2 Å². The number of halogens is 1. The standard InChI is InChI=1S/C4H2ClNOS.C4H3NO2S/c5-4(7)3-1-8-2-6-3;6-4(7)3-1-8-2-5-3/h1-2H;1-2H,(H,6,7). The smallest absolute Gasteiger partial charge is 0.355 e. The number of aromatic nitrogens is 2. The number of hydrogen-bond donors (Lipinski definition) is 1. The third-order valence-corrected chi connectivity index (χ3v) is 2.65. The van der Waals surface area contributed by atoms with Gasteiger partial charge in [0, 0.05) is 10.8 Å². The van der Waals surface area contributed by atoms with Crippen LogP contribution in [0.1, 0.15) is 21.0 Å². The lowest BCUT2D eigenvalue weighted by molar-refractivity contribution is 0.0691. The number of carboxylic acids is 1. The summed E-state index contributed by atoms with van der Waals surface area (Å²) in [5.74, 6) is -0.966. The predicted molar refractivity (Wildman–Crippen MR) is 61.4 cm³/mol. The third kappa shape index (κ3) is 4.05. The predicted octanol–water partition coefficient (Wildman–Crippen LogP) is 2.36. The molecular weight excluding hydrogens is 272 g/mol. The Hall–Kier alpha value is -1.31. The summed E-state index contributed by atoms with van der Waals surface area (Å²) in [6, 6.07) is 0. The van der Waals surface area contributed by atoms with Crippen molar-refractivity contribution in [2.24, 2.45) is 0 Å². The minimum atomic E-state index is -0.966. The van der Waals surface area contributed by atoms with Crippen LogP contribution in [0.15, 0.2) is 21.8 Å². The van der Waals surface area contributed by atoms with Crippen LogP contribution >= 0.6 is 34.3 Å². The van der Waals surface area contributed by atoms with Gasteiger partial charge in [0.05, 0.1) is 11.0 Å². The largest absolute Gasteiger partial charge is 0.476 e. The molecule has 16 heavy (non-hydrogen) atoms. The van der Waals surface area contributed by atoms with E-state index in [9.17, 15) is 9.59 Å². The Bertz CT molecular complexity index is 411. The summed E-state index contributed by atoms with van der Waals surface area (Å²) in [6.45, 7) is 0. The van der Waals surface area contributed by atoms with Gasteiger partial charge in [0.25, 0.3) is 5.24 Å². The van der Waals surface area contributed by atoms with Crippen LogP contribution in [0.4, 0.5) is 0 Å². The van der Waals surface area contributed by atoms with Crippen LogP contribution in [0.2, 0.25) is 0 Å². The first-order valence-corrected chi connectivity index (χ1v) is 6.07. The van der Waals surface area contributed by atoms with Gasteiger partial charge in [0.15, 0.2) is 5.69 Å². The Morgan fingerprint density at radius 3 is 1.81 bits per heavy atom. The zero-order chi connectivity index (χ0) is 12.0. The van der Waals surface area contributed by atoms with E-state index in [1.54, 1.807) is 10.9 Å². The van der Waals surface area contributed by atoms with Crippen molar-refractivity contribution in [1.82, 2.24) is 9.97 Å². The minimum absolute atomic E-state index is 0.120. The molecule has 0 bridgehead atoms. The van der Waals surface area contributed by atoms with Gasteiger partial charge in [-0.3, -0.25) is 4.79 Å². The second-order valence-corrected chi connectivity index (χ2v) is 4.11. The van der Waals surface area contributed by atoms with E-state index in [0.29, 0.717) is 5.69 Å². The number of rotatable bonds is 2. The van der Waals surface area contributed by atoms with Gasteiger partial charge in [-0.1, -0.05) is 0 Å². The summed E-state index contributed by atoms with van der Waals surface area (Å²) in [4.78, 5) is 27.4. The lowest BCUT2D eigenvalue weighted by atomic mass is 10.5. The van der Waals surface area contributed by atoms with Crippen molar-refractivity contribution in [2.45, 2.75) is 0 Å². The maximum atomic E-state index is 10.2. The van der Waals surface area contributed by atoms with E-state index in [4.69, 9.17) is 16.7 Å². The summed E-state index contributed by atoms with van der Waals surface area (Å²) < 4.78 is 0. The number of carbonyl (C=O) groups excluding carboxylic acids is 1. The van der Waals surface area contributed by atoms with Crippen LogP contribution in [0.25, 0.3) is 0 Å². The molecule has 0 atom stereocenters. The number of carbonyl (C=O) groups is 2. The minimum Gasteiger partial charge on any atom is -0.476 e. The molecule has 0 aliphatic rings. The van der Waals surface area contributed by atoms with Crippen molar-refractivity contribution in [3.8, 4) is 0 Å². The van der Waals surface area contributed by atoms with Gasteiger partial charge in [-0.2, -0.15) is 0 Å². The molecule has 0 amide bonds. The lowest BCUT2D eigenvalue weighted by Crippen LogP contribution is -1.94. The maximum absolute atomic E-state index is 10.2. The first kappa shape index (κ1) is 12.8. The summed E-state index contributed by atoms with van der Waals surface area (Å²) in [6.07, 6.45) is 0. The molecule has 5 nitrogen and oxygen atoms in total. The van der Waals surface area contributed by atoms with Crippen LogP contribution in [0.5, 0.6) is 0 Å². The van der Waals surface area contributed by atoms with Crippen molar-refractivity contribution >= 4 is 45.5 Å². The molecule has 0 spiro atoms. The summed E-state index contributed by atoms with van der Waals surface area (Å²) in [5.41, 5.74) is 3.51. The highest BCUT2D eigenvalue weighted by atomic mass is 35.5. The van der Waals surface area contributed by atoms with Gasteiger partial charge in [-0.25, -0.2) is 14.8 Å². The van der Waals surface area contributed by atoms with Gasteiger partial charge in [-0.05, 0) is 11.6 Å². The van der Waals surface area contributed by atoms with Gasteiger partial charge in [0.1, 0.15) is 5.69 Å². The molecule has 1 N–H and O–H groups in total. The quantitative estimate of drug-likeness (QED) is 0.852. The van der Waals surface area contributed by atoms with E-state index >= 15 is 0 Å². The van der Waals surface area contributed by atoms with E-state index in [1.165, 1.54) is 33.6 Å². The SMILES string of the molecule is O=C(Cl)c1cscn1.O=C(O)c1cscn1. The zero-order valence-electron chi connectivity index (χ0n) is 7.66. The molecule has 2 heterocycles. The summed E-state index contributed by atoms with van der Waals surface area (Å²) in [7, 11) is 0. The number of carboxylic acid groups (broad SMARTS) is 1. The van der Waals surface area contributed by atoms with E-state index < -0.39 is 11.2 Å². The molecule has 0 saturated heterocycles. The van der Waals surface area contributed by atoms with Crippen LogP contribution in [-0.2, 0) is 0 Å². The molecule has 2 aromatic rings. The average molecular weight is 277 g/mol. The Morgan fingerprint density at radius 2 is 1.62 bits per heavy atom. The Balaban J connectivity index is 0.000000160. The fraction of sp³-hybridized carbons (Fsp3) is 0. The Labute approximate surface area is 103 Å². The molecule has 0 fully saturated rings. The highest BCUT2D eigenvalue weighted by molar-refractivity contribution is 7.08. The molecule has 8 heteroatoms. The van der Waals surface area contributed by atoms with E-state index in [2.05, 4.69) is 9.97 Å². The van der Waals surface area contributed by atoms with Crippen LogP contribution in [0.3, 0.4) is 0 Å². The number of thiazole rings is 2. The van der Waals surface area contributed by atoms with Crippen LogP contribution < -0.4 is 0 Å². The summed E-state index contributed by atoms with van der Waals surface area (Å²) >= 11 is 7.68. The van der Waals surface area contributed by atoms with Gasteiger partial charge >= 0.3 is 5.97 Å². The third-order valence-electron chi connectivity index (χ3n) is 1.29. The van der Waals surface area contributed by atoms with E-state index in [1.807, 2.05) is 0 Å². The van der Waals surface area contributed by atoms with Gasteiger partial charge < -0.3 is 5.11 Å². The van der Waals surface area contributed by atoms with Crippen molar-refractivity contribution in [2.75, 3.05) is 0 Å². The highest BCUT2D eigenvalue weighted by Gasteiger charge is 2.01. The van der Waals surface area contributed by atoms with Crippen molar-refractivity contribution in [3.63, 3.8) is 0 Å². The van der Waals surface area contributed by atoms with Crippen LogP contribution in [-0.4, -0.2) is 26.3 Å².